The quantitative estimate of drug-likeness (QED) is 0.901. The molecule has 0 aliphatic heterocycles. The number of carbonyl (C=O) groups is 1. The van der Waals surface area contributed by atoms with E-state index >= 15 is 0 Å². The third-order valence-corrected chi connectivity index (χ3v) is 3.66. The zero-order valence-electron chi connectivity index (χ0n) is 11.2. The molecule has 100 valence electrons. The molecule has 2 aromatic rings. The minimum absolute atomic E-state index is 0.242. The largest absolute Gasteiger partial charge is 0.388 e. The third-order valence-electron chi connectivity index (χ3n) is 2.73. The van der Waals surface area contributed by atoms with E-state index in [0.29, 0.717) is 10.8 Å². The molecule has 0 saturated carbocycles. The second kappa shape index (κ2) is 5.79. The molecule has 2 N–H and O–H groups in total. The number of pyridine rings is 1. The third kappa shape index (κ3) is 3.08. The molecule has 2 rings (SSSR count). The molecule has 0 bridgehead atoms. The van der Waals surface area contributed by atoms with Crippen molar-refractivity contribution in [1.29, 1.82) is 0 Å². The van der Waals surface area contributed by atoms with Crippen molar-refractivity contribution in [2.45, 2.75) is 20.3 Å². The van der Waals surface area contributed by atoms with E-state index in [-0.39, 0.29) is 5.91 Å². The van der Waals surface area contributed by atoms with Crippen LogP contribution in [0.15, 0.2) is 18.3 Å². The number of amides is 1. The van der Waals surface area contributed by atoms with Crippen LogP contribution >= 0.6 is 11.3 Å². The fraction of sp³-hybridized carbons (Fsp3) is 0.308. The van der Waals surface area contributed by atoms with Crippen molar-refractivity contribution in [3.8, 4) is 0 Å². The summed E-state index contributed by atoms with van der Waals surface area (Å²) in [5, 5.41) is 6.38. The standard InChI is InChI=1S/C13H16N4OS/c1-4-10-8(2)19-13(16-10)17-12(18)11-7-9(14-3)5-6-15-11/h5-7H,4H2,1-3H3,(H,14,15)(H,16,17,18). The summed E-state index contributed by atoms with van der Waals surface area (Å²) in [5.41, 5.74) is 2.25. The zero-order valence-corrected chi connectivity index (χ0v) is 12.0. The molecule has 6 heteroatoms. The Kier molecular flexibility index (Phi) is 4.11. The van der Waals surface area contributed by atoms with Gasteiger partial charge in [-0.2, -0.15) is 0 Å². The summed E-state index contributed by atoms with van der Waals surface area (Å²) in [6.07, 6.45) is 2.47. The van der Waals surface area contributed by atoms with Crippen LogP contribution in [0.2, 0.25) is 0 Å². The van der Waals surface area contributed by atoms with Gasteiger partial charge >= 0.3 is 0 Å². The Labute approximate surface area is 116 Å². The lowest BCUT2D eigenvalue weighted by Gasteiger charge is -2.03. The van der Waals surface area contributed by atoms with E-state index in [1.807, 2.05) is 13.8 Å². The van der Waals surface area contributed by atoms with E-state index in [2.05, 4.69) is 20.6 Å². The Morgan fingerprint density at radius 1 is 1.47 bits per heavy atom. The second-order valence-electron chi connectivity index (χ2n) is 4.01. The highest BCUT2D eigenvalue weighted by atomic mass is 32.1. The molecule has 0 spiro atoms. The Morgan fingerprint density at radius 2 is 2.26 bits per heavy atom. The average Bonchev–Trinajstić information content (AvgIpc) is 2.78. The second-order valence-corrected chi connectivity index (χ2v) is 5.21. The molecule has 0 aromatic carbocycles. The highest BCUT2D eigenvalue weighted by Crippen LogP contribution is 2.22. The van der Waals surface area contributed by atoms with E-state index in [4.69, 9.17) is 0 Å². The summed E-state index contributed by atoms with van der Waals surface area (Å²) < 4.78 is 0. The molecule has 0 aliphatic carbocycles. The lowest BCUT2D eigenvalue weighted by Crippen LogP contribution is -2.13. The van der Waals surface area contributed by atoms with E-state index in [1.165, 1.54) is 11.3 Å². The van der Waals surface area contributed by atoms with Gasteiger partial charge in [0.05, 0.1) is 5.69 Å². The Balaban J connectivity index is 2.15. The highest BCUT2D eigenvalue weighted by Gasteiger charge is 2.12. The van der Waals surface area contributed by atoms with E-state index in [1.54, 1.807) is 25.4 Å². The van der Waals surface area contributed by atoms with Crippen LogP contribution in [0.1, 0.15) is 28.0 Å². The number of carbonyl (C=O) groups excluding carboxylic acids is 1. The molecule has 0 atom stereocenters. The molecule has 0 aliphatic rings. The molecule has 0 saturated heterocycles. The van der Waals surface area contributed by atoms with Crippen molar-refractivity contribution in [1.82, 2.24) is 9.97 Å². The van der Waals surface area contributed by atoms with Gasteiger partial charge in [-0.15, -0.1) is 11.3 Å². The number of aryl methyl sites for hydroxylation is 2. The Morgan fingerprint density at radius 3 is 2.89 bits per heavy atom. The zero-order chi connectivity index (χ0) is 13.8. The molecule has 0 unspecified atom stereocenters. The first-order valence-corrected chi connectivity index (χ1v) is 6.87. The first-order valence-electron chi connectivity index (χ1n) is 6.05. The number of aromatic nitrogens is 2. The van der Waals surface area contributed by atoms with Crippen LogP contribution in [0.4, 0.5) is 10.8 Å². The maximum absolute atomic E-state index is 12.1. The van der Waals surface area contributed by atoms with Gasteiger partial charge in [0.1, 0.15) is 5.69 Å². The van der Waals surface area contributed by atoms with Crippen LogP contribution in [0.5, 0.6) is 0 Å². The van der Waals surface area contributed by atoms with Crippen LogP contribution in [0.25, 0.3) is 0 Å². The summed E-state index contributed by atoms with van der Waals surface area (Å²) in [4.78, 5) is 21.6. The molecule has 0 fully saturated rings. The maximum Gasteiger partial charge on any atom is 0.276 e. The molecular formula is C13H16N4OS. The smallest absolute Gasteiger partial charge is 0.276 e. The normalized spacial score (nSPS) is 10.3. The lowest BCUT2D eigenvalue weighted by atomic mass is 10.3. The fourth-order valence-corrected chi connectivity index (χ4v) is 2.58. The van der Waals surface area contributed by atoms with Gasteiger partial charge in [0.2, 0.25) is 0 Å². The van der Waals surface area contributed by atoms with Crippen molar-refractivity contribution in [3.05, 3.63) is 34.6 Å². The number of anilines is 2. The number of rotatable bonds is 4. The van der Waals surface area contributed by atoms with Crippen molar-refractivity contribution in [2.24, 2.45) is 0 Å². The fourth-order valence-electron chi connectivity index (χ4n) is 1.68. The predicted molar refractivity (Wildman–Crippen MR) is 78.0 cm³/mol. The number of hydrogen-bond donors (Lipinski definition) is 2. The van der Waals surface area contributed by atoms with Crippen LogP contribution in [-0.2, 0) is 6.42 Å². The Bertz CT molecular complexity index is 594. The summed E-state index contributed by atoms with van der Waals surface area (Å²) in [6, 6.07) is 3.51. The van der Waals surface area contributed by atoms with Gasteiger partial charge in [0.25, 0.3) is 5.91 Å². The van der Waals surface area contributed by atoms with Gasteiger partial charge in [0.15, 0.2) is 5.13 Å². The van der Waals surface area contributed by atoms with Gasteiger partial charge in [-0.05, 0) is 25.5 Å². The molecule has 0 radical (unpaired) electrons. The van der Waals surface area contributed by atoms with Gasteiger partial charge < -0.3 is 5.32 Å². The SMILES string of the molecule is CCc1nc(NC(=O)c2cc(NC)ccn2)sc1C. The van der Waals surface area contributed by atoms with Crippen molar-refractivity contribution >= 4 is 28.1 Å². The van der Waals surface area contributed by atoms with Crippen LogP contribution in [0, 0.1) is 6.92 Å². The van der Waals surface area contributed by atoms with Gasteiger partial charge in [-0.3, -0.25) is 15.1 Å². The predicted octanol–water partition coefficient (Wildman–Crippen LogP) is 2.70. The molecule has 19 heavy (non-hydrogen) atoms. The van der Waals surface area contributed by atoms with Crippen LogP contribution in [-0.4, -0.2) is 22.9 Å². The summed E-state index contributed by atoms with van der Waals surface area (Å²) in [5.74, 6) is -0.242. The number of thiazole rings is 1. The van der Waals surface area contributed by atoms with E-state index < -0.39 is 0 Å². The van der Waals surface area contributed by atoms with Gasteiger partial charge in [-0.1, -0.05) is 6.92 Å². The minimum Gasteiger partial charge on any atom is -0.388 e. The van der Waals surface area contributed by atoms with Gasteiger partial charge in [0, 0.05) is 23.8 Å². The molecule has 2 heterocycles. The first-order chi connectivity index (χ1) is 9.13. The maximum atomic E-state index is 12.1. The number of nitrogens with one attached hydrogen (secondary N) is 2. The summed E-state index contributed by atoms with van der Waals surface area (Å²) >= 11 is 1.49. The van der Waals surface area contributed by atoms with E-state index in [9.17, 15) is 4.79 Å². The Hall–Kier alpha value is -1.95. The summed E-state index contributed by atoms with van der Waals surface area (Å²) in [7, 11) is 1.80. The van der Waals surface area contributed by atoms with Gasteiger partial charge in [-0.25, -0.2) is 4.98 Å². The topological polar surface area (TPSA) is 66.9 Å². The lowest BCUT2D eigenvalue weighted by molar-refractivity contribution is 0.102. The average molecular weight is 276 g/mol. The van der Waals surface area contributed by atoms with Crippen molar-refractivity contribution in [2.75, 3.05) is 17.7 Å². The van der Waals surface area contributed by atoms with Crippen molar-refractivity contribution in [3.63, 3.8) is 0 Å². The first kappa shape index (κ1) is 13.5. The monoisotopic (exact) mass is 276 g/mol. The van der Waals surface area contributed by atoms with Crippen LogP contribution in [0.3, 0.4) is 0 Å². The molecule has 2 aromatic heterocycles. The minimum atomic E-state index is -0.242. The summed E-state index contributed by atoms with van der Waals surface area (Å²) in [6.45, 7) is 4.05. The number of hydrogen-bond acceptors (Lipinski definition) is 5. The number of nitrogens with zero attached hydrogens (tertiary/aromatic N) is 2. The molecular weight excluding hydrogens is 260 g/mol. The molecule has 5 nitrogen and oxygen atoms in total. The van der Waals surface area contributed by atoms with Crippen LogP contribution < -0.4 is 10.6 Å². The van der Waals surface area contributed by atoms with Crippen molar-refractivity contribution < 1.29 is 4.79 Å². The van der Waals surface area contributed by atoms with E-state index in [0.717, 1.165) is 22.7 Å². The highest BCUT2D eigenvalue weighted by molar-refractivity contribution is 7.15. The molecule has 1 amide bonds.